The van der Waals surface area contributed by atoms with Crippen LogP contribution >= 0.6 is 0 Å². The summed E-state index contributed by atoms with van der Waals surface area (Å²) in [5, 5.41) is 0. The lowest BCUT2D eigenvalue weighted by atomic mass is 9.86. The molecule has 1 aromatic rings. The van der Waals surface area contributed by atoms with Crippen LogP contribution < -0.4 is 9.47 Å². The lowest BCUT2D eigenvalue weighted by molar-refractivity contribution is -0.146. The molecule has 21 heavy (non-hydrogen) atoms. The van der Waals surface area contributed by atoms with Crippen LogP contribution in [-0.4, -0.2) is 45.8 Å². The summed E-state index contributed by atoms with van der Waals surface area (Å²) in [5.74, 6) is 1.18. The van der Waals surface area contributed by atoms with Crippen LogP contribution in [0.15, 0.2) is 18.2 Å². The summed E-state index contributed by atoms with van der Waals surface area (Å²) >= 11 is 0. The Hall–Kier alpha value is -1.75. The molecule has 0 aromatic heterocycles. The maximum atomic E-state index is 11.9. The van der Waals surface area contributed by atoms with Gasteiger partial charge in [-0.3, -0.25) is 9.69 Å². The number of carbonyl (C=O) groups excluding carboxylic acids is 1. The molecule has 1 unspecified atom stereocenters. The molecule has 0 radical (unpaired) electrons. The number of benzene rings is 1. The Labute approximate surface area is 126 Å². The monoisotopic (exact) mass is 295 g/mol. The second kappa shape index (κ2) is 7.31. The maximum absolute atomic E-state index is 11.9. The lowest BCUT2D eigenvalue weighted by Gasteiger charge is -2.37. The van der Waals surface area contributed by atoms with Crippen molar-refractivity contribution in [1.29, 1.82) is 0 Å². The van der Waals surface area contributed by atoms with Crippen molar-refractivity contribution >= 4 is 5.97 Å². The Bertz CT molecular complexity index is 487. The van der Waals surface area contributed by atoms with Crippen LogP contribution in [0.25, 0.3) is 0 Å². The van der Waals surface area contributed by atoms with Gasteiger partial charge < -0.3 is 14.2 Å². The number of esters is 1. The van der Waals surface area contributed by atoms with Gasteiger partial charge in [0.1, 0.15) is 11.5 Å². The Morgan fingerprint density at radius 1 is 1.24 bits per heavy atom. The van der Waals surface area contributed by atoms with E-state index in [0.29, 0.717) is 18.1 Å². The predicted molar refractivity (Wildman–Crippen MR) is 81.8 cm³/mol. The molecule has 0 spiro atoms. The number of ether oxygens (including phenoxy) is 3. The summed E-state index contributed by atoms with van der Waals surface area (Å²) in [6.45, 7) is 4.18. The molecule has 0 fully saturated rings. The standard InChI is InChI=1S/C16H25NO4/c1-7-21-15(18)11-16(2,17(3)4)13-9-8-12(19-5)10-14(13)20-6/h8-10H,7,11H2,1-6H3. The fourth-order valence-corrected chi connectivity index (χ4v) is 2.23. The molecular formula is C16H25NO4. The van der Waals surface area contributed by atoms with Crippen LogP contribution in [0.3, 0.4) is 0 Å². The molecule has 0 bridgehead atoms. The fourth-order valence-electron chi connectivity index (χ4n) is 2.23. The summed E-state index contributed by atoms with van der Waals surface area (Å²) in [6.07, 6.45) is 0.247. The summed E-state index contributed by atoms with van der Waals surface area (Å²) in [4.78, 5) is 13.9. The SMILES string of the molecule is CCOC(=O)CC(C)(c1ccc(OC)cc1OC)N(C)C. The molecule has 0 saturated heterocycles. The van der Waals surface area contributed by atoms with Crippen molar-refractivity contribution in [3.63, 3.8) is 0 Å². The highest BCUT2D eigenvalue weighted by Gasteiger charge is 2.35. The van der Waals surface area contributed by atoms with Crippen LogP contribution in [0, 0.1) is 0 Å². The first-order valence-electron chi connectivity index (χ1n) is 6.94. The number of carbonyl (C=O) groups is 1. The predicted octanol–water partition coefficient (Wildman–Crippen LogP) is 2.43. The van der Waals surface area contributed by atoms with Gasteiger partial charge in [0.2, 0.25) is 0 Å². The van der Waals surface area contributed by atoms with Crippen LogP contribution in [-0.2, 0) is 15.1 Å². The first-order valence-corrected chi connectivity index (χ1v) is 6.94. The summed E-state index contributed by atoms with van der Waals surface area (Å²) in [6, 6.07) is 5.61. The van der Waals surface area contributed by atoms with Gasteiger partial charge in [0.05, 0.1) is 32.8 Å². The van der Waals surface area contributed by atoms with Crippen LogP contribution in [0.1, 0.15) is 25.8 Å². The molecule has 1 aromatic carbocycles. The van der Waals surface area contributed by atoms with Gasteiger partial charge in [-0.15, -0.1) is 0 Å². The molecule has 0 aliphatic rings. The zero-order valence-electron chi connectivity index (χ0n) is 13.7. The van der Waals surface area contributed by atoms with Crippen molar-refractivity contribution in [2.45, 2.75) is 25.8 Å². The minimum absolute atomic E-state index is 0.230. The van der Waals surface area contributed by atoms with Gasteiger partial charge in [-0.1, -0.05) is 0 Å². The van der Waals surface area contributed by atoms with Crippen molar-refractivity contribution in [3.05, 3.63) is 23.8 Å². The van der Waals surface area contributed by atoms with Gasteiger partial charge in [0.15, 0.2) is 0 Å². The van der Waals surface area contributed by atoms with Crippen molar-refractivity contribution < 1.29 is 19.0 Å². The average Bonchev–Trinajstić information content (AvgIpc) is 2.46. The third kappa shape index (κ3) is 3.88. The van der Waals surface area contributed by atoms with Gasteiger partial charge >= 0.3 is 5.97 Å². The molecule has 5 nitrogen and oxygen atoms in total. The second-order valence-electron chi connectivity index (χ2n) is 5.22. The quantitative estimate of drug-likeness (QED) is 0.723. The summed E-state index contributed by atoms with van der Waals surface area (Å²) < 4.78 is 15.8. The minimum Gasteiger partial charge on any atom is -0.497 e. The van der Waals surface area contributed by atoms with E-state index in [1.54, 1.807) is 21.1 Å². The largest absolute Gasteiger partial charge is 0.497 e. The van der Waals surface area contributed by atoms with Gasteiger partial charge in [-0.25, -0.2) is 0 Å². The van der Waals surface area contributed by atoms with Crippen molar-refractivity contribution in [2.75, 3.05) is 34.9 Å². The first-order chi connectivity index (χ1) is 9.88. The number of hydrogen-bond acceptors (Lipinski definition) is 5. The lowest BCUT2D eigenvalue weighted by Crippen LogP contribution is -2.41. The average molecular weight is 295 g/mol. The summed E-state index contributed by atoms with van der Waals surface area (Å²) in [7, 11) is 7.09. The third-order valence-electron chi connectivity index (χ3n) is 3.77. The zero-order valence-corrected chi connectivity index (χ0v) is 13.7. The van der Waals surface area contributed by atoms with Crippen molar-refractivity contribution in [3.8, 4) is 11.5 Å². The van der Waals surface area contributed by atoms with Crippen LogP contribution in [0.2, 0.25) is 0 Å². The highest BCUT2D eigenvalue weighted by atomic mass is 16.5. The Balaban J connectivity index is 3.24. The van der Waals surface area contributed by atoms with Crippen molar-refractivity contribution in [1.82, 2.24) is 4.90 Å². The molecule has 5 heteroatoms. The number of methoxy groups -OCH3 is 2. The Kier molecular flexibility index (Phi) is 6.03. The van der Waals surface area contributed by atoms with Crippen LogP contribution in [0.4, 0.5) is 0 Å². The van der Waals surface area contributed by atoms with Gasteiger partial charge in [-0.2, -0.15) is 0 Å². The van der Waals surface area contributed by atoms with E-state index in [1.807, 2.05) is 44.1 Å². The van der Waals surface area contributed by atoms with E-state index in [0.717, 1.165) is 5.56 Å². The molecule has 0 amide bonds. The normalized spacial score (nSPS) is 13.7. The third-order valence-corrected chi connectivity index (χ3v) is 3.77. The fraction of sp³-hybridized carbons (Fsp3) is 0.562. The van der Waals surface area contributed by atoms with Crippen LogP contribution in [0.5, 0.6) is 11.5 Å². The Morgan fingerprint density at radius 2 is 1.90 bits per heavy atom. The molecule has 0 heterocycles. The minimum atomic E-state index is -0.524. The van der Waals surface area contributed by atoms with Crippen molar-refractivity contribution in [2.24, 2.45) is 0 Å². The first kappa shape index (κ1) is 17.3. The van der Waals surface area contributed by atoms with E-state index in [-0.39, 0.29) is 12.4 Å². The van der Waals surface area contributed by atoms with E-state index < -0.39 is 5.54 Å². The van der Waals surface area contributed by atoms with Gasteiger partial charge in [0, 0.05) is 11.6 Å². The molecule has 1 rings (SSSR count). The van der Waals surface area contributed by atoms with E-state index in [4.69, 9.17) is 14.2 Å². The Morgan fingerprint density at radius 3 is 2.38 bits per heavy atom. The maximum Gasteiger partial charge on any atom is 0.308 e. The number of rotatable bonds is 7. The molecular weight excluding hydrogens is 270 g/mol. The topological polar surface area (TPSA) is 48.0 Å². The highest BCUT2D eigenvalue weighted by molar-refractivity contribution is 5.71. The smallest absolute Gasteiger partial charge is 0.308 e. The van der Waals surface area contributed by atoms with Gasteiger partial charge in [0.25, 0.3) is 0 Å². The van der Waals surface area contributed by atoms with E-state index in [2.05, 4.69) is 0 Å². The number of hydrogen-bond donors (Lipinski definition) is 0. The highest BCUT2D eigenvalue weighted by Crippen LogP contribution is 2.38. The molecule has 0 N–H and O–H groups in total. The second-order valence-corrected chi connectivity index (χ2v) is 5.22. The molecule has 0 aliphatic carbocycles. The summed E-state index contributed by atoms with van der Waals surface area (Å²) in [5.41, 5.74) is 0.396. The molecule has 118 valence electrons. The molecule has 0 aliphatic heterocycles. The zero-order chi connectivity index (χ0) is 16.0. The molecule has 1 atom stereocenters. The van der Waals surface area contributed by atoms with E-state index >= 15 is 0 Å². The number of nitrogens with zero attached hydrogens (tertiary/aromatic N) is 1. The van der Waals surface area contributed by atoms with Gasteiger partial charge in [-0.05, 0) is 40.1 Å². The van der Waals surface area contributed by atoms with E-state index in [1.165, 1.54) is 0 Å². The molecule has 0 saturated carbocycles. The van der Waals surface area contributed by atoms with E-state index in [9.17, 15) is 4.79 Å².